The van der Waals surface area contributed by atoms with Gasteiger partial charge in [-0.25, -0.2) is 0 Å². The van der Waals surface area contributed by atoms with Crippen LogP contribution >= 0.6 is 24.8 Å². The molecule has 0 spiro atoms. The second-order valence-corrected chi connectivity index (χ2v) is 6.00. The normalized spacial score (nSPS) is 29.8. The highest BCUT2D eigenvalue weighted by molar-refractivity contribution is 5.85. The Labute approximate surface area is 139 Å². The summed E-state index contributed by atoms with van der Waals surface area (Å²) >= 11 is 0. The predicted molar refractivity (Wildman–Crippen MR) is 87.5 cm³/mol. The van der Waals surface area contributed by atoms with Crippen LogP contribution in [0.3, 0.4) is 0 Å². The molecule has 2 unspecified atom stereocenters. The van der Waals surface area contributed by atoms with Crippen LogP contribution in [0.5, 0.6) is 0 Å². The SMILES string of the molecule is Cl.Cl.O=C(C1CCCN1)N1CCC(CN2CCOCC2)C1. The van der Waals surface area contributed by atoms with Crippen LogP contribution in [0.25, 0.3) is 0 Å². The van der Waals surface area contributed by atoms with E-state index < -0.39 is 0 Å². The number of ether oxygens (including phenoxy) is 1. The number of nitrogens with zero attached hydrogens (tertiary/aromatic N) is 2. The monoisotopic (exact) mass is 339 g/mol. The van der Waals surface area contributed by atoms with E-state index in [1.165, 1.54) is 0 Å². The van der Waals surface area contributed by atoms with Crippen LogP contribution in [0, 0.1) is 5.92 Å². The topological polar surface area (TPSA) is 44.8 Å². The third-order valence-electron chi connectivity index (χ3n) is 4.58. The van der Waals surface area contributed by atoms with Gasteiger partial charge in [0.05, 0.1) is 19.3 Å². The highest BCUT2D eigenvalue weighted by Gasteiger charge is 2.32. The van der Waals surface area contributed by atoms with Gasteiger partial charge in [0, 0.05) is 32.7 Å². The number of rotatable bonds is 3. The van der Waals surface area contributed by atoms with E-state index in [4.69, 9.17) is 4.74 Å². The molecule has 5 nitrogen and oxygen atoms in total. The van der Waals surface area contributed by atoms with Crippen molar-refractivity contribution in [3.63, 3.8) is 0 Å². The molecule has 1 amide bonds. The molecule has 1 N–H and O–H groups in total. The first-order valence-corrected chi connectivity index (χ1v) is 7.65. The Morgan fingerprint density at radius 1 is 1.14 bits per heavy atom. The summed E-state index contributed by atoms with van der Waals surface area (Å²) in [4.78, 5) is 16.9. The quantitative estimate of drug-likeness (QED) is 0.824. The maximum atomic E-state index is 12.3. The third kappa shape index (κ3) is 4.96. The Bertz CT molecular complexity index is 321. The zero-order valence-electron chi connectivity index (χ0n) is 12.5. The van der Waals surface area contributed by atoms with Gasteiger partial charge < -0.3 is 15.0 Å². The molecule has 3 fully saturated rings. The summed E-state index contributed by atoms with van der Waals surface area (Å²) < 4.78 is 5.38. The summed E-state index contributed by atoms with van der Waals surface area (Å²) in [5.41, 5.74) is 0. The van der Waals surface area contributed by atoms with Crippen molar-refractivity contribution in [1.82, 2.24) is 15.1 Å². The molecule has 3 rings (SSSR count). The van der Waals surface area contributed by atoms with Crippen molar-refractivity contribution in [3.05, 3.63) is 0 Å². The summed E-state index contributed by atoms with van der Waals surface area (Å²) in [7, 11) is 0. The van der Waals surface area contributed by atoms with Gasteiger partial charge in [-0.15, -0.1) is 24.8 Å². The molecule has 0 aromatic carbocycles. The van der Waals surface area contributed by atoms with Crippen molar-refractivity contribution in [1.29, 1.82) is 0 Å². The zero-order valence-corrected chi connectivity index (χ0v) is 14.1. The molecule has 21 heavy (non-hydrogen) atoms. The minimum atomic E-state index is 0. The minimum absolute atomic E-state index is 0. The highest BCUT2D eigenvalue weighted by atomic mass is 35.5. The van der Waals surface area contributed by atoms with Crippen LogP contribution in [0.15, 0.2) is 0 Å². The van der Waals surface area contributed by atoms with Gasteiger partial charge in [-0.05, 0) is 31.7 Å². The second kappa shape index (κ2) is 9.16. The average Bonchev–Trinajstić information content (AvgIpc) is 3.10. The van der Waals surface area contributed by atoms with Crippen LogP contribution < -0.4 is 5.32 Å². The Morgan fingerprint density at radius 2 is 1.90 bits per heavy atom. The van der Waals surface area contributed by atoms with Gasteiger partial charge in [-0.3, -0.25) is 9.69 Å². The molecule has 3 aliphatic rings. The van der Waals surface area contributed by atoms with E-state index >= 15 is 0 Å². The number of carbonyl (C=O) groups excluding carboxylic acids is 1. The van der Waals surface area contributed by atoms with Crippen molar-refractivity contribution < 1.29 is 9.53 Å². The van der Waals surface area contributed by atoms with Crippen LogP contribution in [0.2, 0.25) is 0 Å². The molecule has 124 valence electrons. The highest BCUT2D eigenvalue weighted by Crippen LogP contribution is 2.20. The van der Waals surface area contributed by atoms with E-state index in [1.54, 1.807) is 0 Å². The Kier molecular flexibility index (Phi) is 8.27. The molecule has 0 bridgehead atoms. The molecule has 3 saturated heterocycles. The van der Waals surface area contributed by atoms with Gasteiger partial charge >= 0.3 is 0 Å². The van der Waals surface area contributed by atoms with Crippen molar-refractivity contribution in [3.8, 4) is 0 Å². The molecule has 0 radical (unpaired) electrons. The van der Waals surface area contributed by atoms with Crippen molar-refractivity contribution >= 4 is 30.7 Å². The number of halogens is 2. The van der Waals surface area contributed by atoms with Gasteiger partial charge in [0.2, 0.25) is 5.91 Å². The maximum absolute atomic E-state index is 12.3. The average molecular weight is 340 g/mol. The summed E-state index contributed by atoms with van der Waals surface area (Å²) in [6, 6.07) is 0.0992. The van der Waals surface area contributed by atoms with E-state index in [1.807, 2.05) is 0 Å². The van der Waals surface area contributed by atoms with Gasteiger partial charge in [-0.2, -0.15) is 0 Å². The maximum Gasteiger partial charge on any atom is 0.239 e. The number of hydrogen-bond donors (Lipinski definition) is 1. The van der Waals surface area contributed by atoms with Gasteiger partial charge in [-0.1, -0.05) is 0 Å². The van der Waals surface area contributed by atoms with Gasteiger partial charge in [0.1, 0.15) is 0 Å². The van der Waals surface area contributed by atoms with E-state index in [2.05, 4.69) is 15.1 Å². The fraction of sp³-hybridized carbons (Fsp3) is 0.929. The zero-order chi connectivity index (χ0) is 13.1. The number of hydrogen-bond acceptors (Lipinski definition) is 4. The predicted octanol–water partition coefficient (Wildman–Crippen LogP) is 0.763. The number of likely N-dealkylation sites (tertiary alicyclic amines) is 1. The lowest BCUT2D eigenvalue weighted by atomic mass is 10.1. The van der Waals surface area contributed by atoms with Gasteiger partial charge in [0.15, 0.2) is 0 Å². The lowest BCUT2D eigenvalue weighted by Gasteiger charge is -2.29. The summed E-state index contributed by atoms with van der Waals surface area (Å²) in [6.07, 6.45) is 3.32. The van der Waals surface area contributed by atoms with Crippen LogP contribution in [0.1, 0.15) is 19.3 Å². The van der Waals surface area contributed by atoms with Crippen molar-refractivity contribution in [2.45, 2.75) is 25.3 Å². The van der Waals surface area contributed by atoms with Gasteiger partial charge in [0.25, 0.3) is 0 Å². The largest absolute Gasteiger partial charge is 0.379 e. The first kappa shape index (κ1) is 19.0. The fourth-order valence-electron chi connectivity index (χ4n) is 3.45. The molecule has 3 heterocycles. The number of carbonyl (C=O) groups is 1. The van der Waals surface area contributed by atoms with Crippen LogP contribution in [-0.4, -0.2) is 74.2 Å². The Balaban J connectivity index is 0.00000110. The lowest BCUT2D eigenvalue weighted by molar-refractivity contribution is -0.132. The standard InChI is InChI=1S/C14H25N3O2.2ClH/c18-14(13-2-1-4-15-13)17-5-3-12(11-17)10-16-6-8-19-9-7-16;;/h12-13,15H,1-11H2;2*1H. The molecular weight excluding hydrogens is 313 g/mol. The number of nitrogens with one attached hydrogen (secondary N) is 1. The second-order valence-electron chi connectivity index (χ2n) is 6.00. The number of morpholine rings is 1. The summed E-state index contributed by atoms with van der Waals surface area (Å²) in [5, 5.41) is 3.31. The number of amides is 1. The van der Waals surface area contributed by atoms with E-state index in [0.29, 0.717) is 11.8 Å². The molecule has 0 aromatic rings. The minimum Gasteiger partial charge on any atom is -0.379 e. The fourth-order valence-corrected chi connectivity index (χ4v) is 3.45. The van der Waals surface area contributed by atoms with Crippen molar-refractivity contribution in [2.75, 3.05) is 52.5 Å². The molecule has 3 aliphatic heterocycles. The summed E-state index contributed by atoms with van der Waals surface area (Å²) in [6.45, 7) is 7.86. The smallest absolute Gasteiger partial charge is 0.239 e. The molecule has 7 heteroatoms. The first-order valence-electron chi connectivity index (χ1n) is 7.65. The van der Waals surface area contributed by atoms with E-state index in [-0.39, 0.29) is 30.9 Å². The van der Waals surface area contributed by atoms with E-state index in [9.17, 15) is 4.79 Å². The molecule has 0 aromatic heterocycles. The lowest BCUT2D eigenvalue weighted by Crippen LogP contribution is -2.43. The molecule has 2 atom stereocenters. The Hall–Kier alpha value is -0.0700. The van der Waals surface area contributed by atoms with E-state index in [0.717, 1.165) is 71.7 Å². The third-order valence-corrected chi connectivity index (χ3v) is 4.58. The van der Waals surface area contributed by atoms with Crippen LogP contribution in [-0.2, 0) is 9.53 Å². The first-order chi connectivity index (χ1) is 9.33. The molecule has 0 saturated carbocycles. The summed E-state index contributed by atoms with van der Waals surface area (Å²) in [5.74, 6) is 0.991. The molecular formula is C14H27Cl2N3O2. The molecule has 0 aliphatic carbocycles. The van der Waals surface area contributed by atoms with Crippen molar-refractivity contribution in [2.24, 2.45) is 5.92 Å². The Morgan fingerprint density at radius 3 is 2.57 bits per heavy atom. The van der Waals surface area contributed by atoms with Crippen LogP contribution in [0.4, 0.5) is 0 Å².